The van der Waals surface area contributed by atoms with Gasteiger partial charge in [0.2, 0.25) is 0 Å². The molecule has 4 atom stereocenters. The standard InChI is InChI=1S/C26H41ClN4O5/c1-28-16-22(23(32)18-7-3-2-4-8-18)30-25(33)31-13-6-10-20(17-31)24(36-14-12-29-26(34)35)19-9-5-11-21(27)15-19/h5,9,11,15,18,20,22-24,28-29,32H,2-4,6-8,10,12-14,16-17H2,1H3,(H,30,33)(H,34,35). The first-order valence-corrected chi connectivity index (χ1v) is 13.5. The number of ether oxygens (including phenoxy) is 1. The van der Waals surface area contributed by atoms with Crippen molar-refractivity contribution in [2.45, 2.75) is 63.2 Å². The Kier molecular flexibility index (Phi) is 11.6. The van der Waals surface area contributed by atoms with Crippen LogP contribution in [0.4, 0.5) is 9.59 Å². The van der Waals surface area contributed by atoms with Gasteiger partial charge in [-0.1, -0.05) is 43.0 Å². The molecule has 3 rings (SSSR count). The molecule has 3 amide bonds. The summed E-state index contributed by atoms with van der Waals surface area (Å²) in [5.74, 6) is 0.241. The minimum absolute atomic E-state index is 0.0267. The van der Waals surface area contributed by atoms with Gasteiger partial charge in [-0.3, -0.25) is 0 Å². The lowest BCUT2D eigenvalue weighted by molar-refractivity contribution is -0.00925. The van der Waals surface area contributed by atoms with Crippen LogP contribution in [-0.2, 0) is 4.74 Å². The molecule has 0 radical (unpaired) electrons. The van der Waals surface area contributed by atoms with E-state index in [2.05, 4.69) is 16.0 Å². The summed E-state index contributed by atoms with van der Waals surface area (Å²) in [4.78, 5) is 25.9. The van der Waals surface area contributed by atoms with Crippen LogP contribution < -0.4 is 16.0 Å². The SMILES string of the molecule is CNCC(NC(=O)N1CCCC(C(OCCNC(=O)O)c2cccc(Cl)c2)C1)C(O)C1CCCCC1. The van der Waals surface area contributed by atoms with E-state index in [1.807, 2.05) is 25.2 Å². The van der Waals surface area contributed by atoms with Crippen molar-refractivity contribution in [1.29, 1.82) is 0 Å². The fraction of sp³-hybridized carbons (Fsp3) is 0.692. The number of amides is 3. The fourth-order valence-corrected chi connectivity index (χ4v) is 5.70. The number of nitrogens with one attached hydrogen (secondary N) is 3. The number of urea groups is 1. The molecule has 1 saturated carbocycles. The maximum Gasteiger partial charge on any atom is 0.404 e. The maximum atomic E-state index is 13.3. The van der Waals surface area contributed by atoms with Gasteiger partial charge in [-0.15, -0.1) is 0 Å². The third kappa shape index (κ3) is 8.50. The zero-order valence-corrected chi connectivity index (χ0v) is 21.9. The van der Waals surface area contributed by atoms with E-state index in [4.69, 9.17) is 21.4 Å². The molecule has 0 bridgehead atoms. The molecule has 2 fully saturated rings. The van der Waals surface area contributed by atoms with E-state index in [-0.39, 0.29) is 43.2 Å². The van der Waals surface area contributed by atoms with Gasteiger partial charge >= 0.3 is 12.1 Å². The lowest BCUT2D eigenvalue weighted by atomic mass is 9.82. The lowest BCUT2D eigenvalue weighted by Crippen LogP contribution is -2.56. The van der Waals surface area contributed by atoms with Crippen LogP contribution in [-0.4, -0.2) is 79.2 Å². The van der Waals surface area contributed by atoms with Crippen molar-refractivity contribution in [3.63, 3.8) is 0 Å². The van der Waals surface area contributed by atoms with Crippen LogP contribution in [0.5, 0.6) is 0 Å². The Hall–Kier alpha value is -2.07. The van der Waals surface area contributed by atoms with Gasteiger partial charge in [-0.2, -0.15) is 0 Å². The molecule has 202 valence electrons. The van der Waals surface area contributed by atoms with E-state index >= 15 is 0 Å². The Labute approximate surface area is 218 Å². The molecule has 4 unspecified atom stereocenters. The number of rotatable bonds is 11. The molecular weight excluding hydrogens is 484 g/mol. The van der Waals surface area contributed by atoms with Crippen molar-refractivity contribution in [3.05, 3.63) is 34.9 Å². The predicted molar refractivity (Wildman–Crippen MR) is 139 cm³/mol. The van der Waals surface area contributed by atoms with Crippen LogP contribution in [0.1, 0.15) is 56.6 Å². The zero-order valence-electron chi connectivity index (χ0n) is 21.1. The van der Waals surface area contributed by atoms with Crippen LogP contribution in [0, 0.1) is 11.8 Å². The van der Waals surface area contributed by atoms with Gasteiger partial charge in [-0.25, -0.2) is 9.59 Å². The minimum Gasteiger partial charge on any atom is -0.465 e. The highest BCUT2D eigenvalue weighted by Gasteiger charge is 2.34. The Morgan fingerprint density at radius 3 is 2.61 bits per heavy atom. The van der Waals surface area contributed by atoms with Gasteiger partial charge in [-0.05, 0) is 56.3 Å². The number of nitrogens with zero attached hydrogens (tertiary/aromatic N) is 1. The molecule has 1 aliphatic carbocycles. The van der Waals surface area contributed by atoms with Gasteiger partial charge in [0, 0.05) is 37.1 Å². The van der Waals surface area contributed by atoms with Gasteiger partial charge < -0.3 is 35.8 Å². The molecule has 0 aromatic heterocycles. The predicted octanol–water partition coefficient (Wildman–Crippen LogP) is 3.62. The van der Waals surface area contributed by atoms with Crippen molar-refractivity contribution >= 4 is 23.7 Å². The van der Waals surface area contributed by atoms with E-state index in [0.717, 1.165) is 44.1 Å². The number of carboxylic acid groups (broad SMARTS) is 1. The molecule has 1 aromatic carbocycles. The smallest absolute Gasteiger partial charge is 0.404 e. The number of piperidine rings is 1. The van der Waals surface area contributed by atoms with Gasteiger partial charge in [0.1, 0.15) is 0 Å². The molecule has 36 heavy (non-hydrogen) atoms. The molecule has 1 saturated heterocycles. The Morgan fingerprint density at radius 2 is 1.92 bits per heavy atom. The van der Waals surface area contributed by atoms with Gasteiger partial charge in [0.25, 0.3) is 0 Å². The monoisotopic (exact) mass is 524 g/mol. The van der Waals surface area contributed by atoms with E-state index in [9.17, 15) is 14.7 Å². The second-order valence-corrected chi connectivity index (χ2v) is 10.4. The van der Waals surface area contributed by atoms with Crippen LogP contribution >= 0.6 is 11.6 Å². The average Bonchev–Trinajstić information content (AvgIpc) is 2.88. The summed E-state index contributed by atoms with van der Waals surface area (Å²) in [5.41, 5.74) is 0.908. The summed E-state index contributed by atoms with van der Waals surface area (Å²) < 4.78 is 6.15. The fourth-order valence-electron chi connectivity index (χ4n) is 5.50. The second-order valence-electron chi connectivity index (χ2n) is 9.93. The van der Waals surface area contributed by atoms with Crippen molar-refractivity contribution in [3.8, 4) is 0 Å². The first-order valence-electron chi connectivity index (χ1n) is 13.1. The van der Waals surface area contributed by atoms with Crippen molar-refractivity contribution < 1.29 is 24.5 Å². The molecule has 9 nitrogen and oxygen atoms in total. The number of carbonyl (C=O) groups is 2. The van der Waals surface area contributed by atoms with Crippen LogP contribution in [0.2, 0.25) is 5.02 Å². The summed E-state index contributed by atoms with van der Waals surface area (Å²) in [6, 6.07) is 6.95. The number of hydrogen-bond donors (Lipinski definition) is 5. The van der Waals surface area contributed by atoms with Crippen molar-refractivity contribution in [2.75, 3.05) is 39.8 Å². The van der Waals surface area contributed by atoms with E-state index < -0.39 is 12.2 Å². The number of likely N-dealkylation sites (N-methyl/N-ethyl adjacent to an activating group) is 1. The Balaban J connectivity index is 1.65. The van der Waals surface area contributed by atoms with Gasteiger partial charge in [0.05, 0.1) is 24.9 Å². The van der Waals surface area contributed by atoms with Gasteiger partial charge in [0.15, 0.2) is 0 Å². The van der Waals surface area contributed by atoms with E-state index in [0.29, 0.717) is 24.7 Å². The number of hydrogen-bond acceptors (Lipinski definition) is 5. The normalized spacial score (nSPS) is 21.4. The number of aliphatic hydroxyl groups excluding tert-OH is 1. The Morgan fingerprint density at radius 1 is 1.17 bits per heavy atom. The minimum atomic E-state index is -1.09. The highest BCUT2D eigenvalue weighted by molar-refractivity contribution is 6.30. The molecule has 2 aliphatic rings. The lowest BCUT2D eigenvalue weighted by Gasteiger charge is -2.39. The van der Waals surface area contributed by atoms with Crippen LogP contribution in [0.15, 0.2) is 24.3 Å². The molecule has 10 heteroatoms. The summed E-state index contributed by atoms with van der Waals surface area (Å²) in [5, 5.41) is 29.0. The molecule has 1 aliphatic heterocycles. The van der Waals surface area contributed by atoms with Crippen LogP contribution in [0.25, 0.3) is 0 Å². The number of aliphatic hydroxyl groups is 1. The molecule has 5 N–H and O–H groups in total. The molecule has 1 heterocycles. The van der Waals surface area contributed by atoms with E-state index in [1.54, 1.807) is 11.0 Å². The highest BCUT2D eigenvalue weighted by atomic mass is 35.5. The third-order valence-electron chi connectivity index (χ3n) is 7.30. The Bertz CT molecular complexity index is 838. The first-order chi connectivity index (χ1) is 17.4. The number of carbonyl (C=O) groups excluding carboxylic acids is 1. The van der Waals surface area contributed by atoms with E-state index in [1.165, 1.54) is 6.42 Å². The highest BCUT2D eigenvalue weighted by Crippen LogP contribution is 2.34. The van der Waals surface area contributed by atoms with Crippen molar-refractivity contribution in [1.82, 2.24) is 20.9 Å². The summed E-state index contributed by atoms with van der Waals surface area (Å²) in [6.07, 6.45) is 5.17. The average molecular weight is 525 g/mol. The topological polar surface area (TPSA) is 123 Å². The molecule has 0 spiro atoms. The van der Waals surface area contributed by atoms with Crippen LogP contribution in [0.3, 0.4) is 0 Å². The first kappa shape index (κ1) is 28.5. The number of likely N-dealkylation sites (tertiary alicyclic amines) is 1. The summed E-state index contributed by atoms with van der Waals surface area (Å²) >= 11 is 6.24. The zero-order chi connectivity index (χ0) is 25.9. The molecular formula is C26H41ClN4O5. The quantitative estimate of drug-likeness (QED) is 0.282. The second kappa shape index (κ2) is 14.6. The summed E-state index contributed by atoms with van der Waals surface area (Å²) in [7, 11) is 1.83. The molecule has 1 aromatic rings. The number of halogens is 1. The number of benzene rings is 1. The third-order valence-corrected chi connectivity index (χ3v) is 7.54. The summed E-state index contributed by atoms with van der Waals surface area (Å²) in [6.45, 7) is 2.03. The maximum absolute atomic E-state index is 13.3. The largest absolute Gasteiger partial charge is 0.465 e. The van der Waals surface area contributed by atoms with Crippen molar-refractivity contribution in [2.24, 2.45) is 11.8 Å².